The van der Waals surface area contributed by atoms with Crippen LogP contribution in [-0.4, -0.2) is 18.0 Å². The summed E-state index contributed by atoms with van der Waals surface area (Å²) >= 11 is 0. The van der Waals surface area contributed by atoms with Gasteiger partial charge in [-0.1, -0.05) is 0 Å². The monoisotopic (exact) mass is 190 g/mol. The van der Waals surface area contributed by atoms with Crippen LogP contribution in [0.4, 0.5) is 13.6 Å². The van der Waals surface area contributed by atoms with E-state index in [2.05, 4.69) is 5.32 Å². The van der Waals surface area contributed by atoms with E-state index in [-0.39, 0.29) is 12.5 Å². The average molecular weight is 190 g/mol. The zero-order valence-corrected chi connectivity index (χ0v) is 7.15. The van der Waals surface area contributed by atoms with Gasteiger partial charge in [0.15, 0.2) is 0 Å². The smallest absolute Gasteiger partial charge is 0.312 e. The number of halogens is 2. The molecule has 0 bridgehead atoms. The van der Waals surface area contributed by atoms with Crippen molar-refractivity contribution in [3.63, 3.8) is 0 Å². The molecule has 2 fully saturated rings. The molecule has 1 spiro atoms. The molecular weight excluding hydrogens is 178 g/mol. The number of rotatable bonds is 1. The Bertz CT molecular complexity index is 257. The third-order valence-corrected chi connectivity index (χ3v) is 3.17. The first kappa shape index (κ1) is 8.72. The van der Waals surface area contributed by atoms with Gasteiger partial charge in [0.1, 0.15) is 0 Å². The van der Waals surface area contributed by atoms with Gasteiger partial charge in [-0.15, -0.1) is 0 Å². The Morgan fingerprint density at radius 1 is 1.54 bits per heavy atom. The molecule has 0 aliphatic heterocycles. The molecule has 2 aliphatic rings. The molecule has 2 unspecified atom stereocenters. The maximum atomic E-state index is 12.9. The molecule has 2 amide bonds. The lowest BCUT2D eigenvalue weighted by Gasteiger charge is -2.10. The molecule has 2 rings (SSSR count). The second-order valence-corrected chi connectivity index (χ2v) is 4.11. The van der Waals surface area contributed by atoms with Gasteiger partial charge in [0, 0.05) is 17.9 Å². The molecule has 2 aliphatic carbocycles. The number of hydrogen-bond donors (Lipinski definition) is 2. The predicted octanol–water partition coefficient (Wildman–Crippen LogP) is 1.23. The van der Waals surface area contributed by atoms with Crippen molar-refractivity contribution >= 4 is 6.03 Å². The maximum absolute atomic E-state index is 12.9. The minimum atomic E-state index is -2.50. The fourth-order valence-electron chi connectivity index (χ4n) is 2.32. The maximum Gasteiger partial charge on any atom is 0.312 e. The number of nitrogens with one attached hydrogen (secondary N) is 1. The zero-order chi connectivity index (χ0) is 9.69. The van der Waals surface area contributed by atoms with Crippen molar-refractivity contribution in [3.8, 4) is 0 Å². The number of urea groups is 1. The third-order valence-electron chi connectivity index (χ3n) is 3.17. The summed E-state index contributed by atoms with van der Waals surface area (Å²) in [6.45, 7) is 0. The van der Waals surface area contributed by atoms with Crippen LogP contribution in [0, 0.1) is 5.41 Å². The van der Waals surface area contributed by atoms with Crippen LogP contribution in [0.1, 0.15) is 25.7 Å². The van der Waals surface area contributed by atoms with Crippen LogP contribution in [0.3, 0.4) is 0 Å². The molecule has 0 aromatic rings. The van der Waals surface area contributed by atoms with Gasteiger partial charge in [0.2, 0.25) is 0 Å². The van der Waals surface area contributed by atoms with Gasteiger partial charge in [0.25, 0.3) is 5.92 Å². The van der Waals surface area contributed by atoms with Gasteiger partial charge in [0.05, 0.1) is 0 Å². The topological polar surface area (TPSA) is 55.1 Å². The molecule has 0 heterocycles. The van der Waals surface area contributed by atoms with E-state index in [0.29, 0.717) is 19.3 Å². The molecule has 2 atom stereocenters. The second kappa shape index (κ2) is 2.33. The summed E-state index contributed by atoms with van der Waals surface area (Å²) in [5.41, 5.74) is 4.11. The zero-order valence-electron chi connectivity index (χ0n) is 7.15. The molecule has 2 saturated carbocycles. The van der Waals surface area contributed by atoms with Crippen LogP contribution >= 0.6 is 0 Å². The predicted molar refractivity (Wildman–Crippen MR) is 42.4 cm³/mol. The molecule has 0 saturated heterocycles. The van der Waals surface area contributed by atoms with Gasteiger partial charge < -0.3 is 11.1 Å². The molecule has 13 heavy (non-hydrogen) atoms. The lowest BCUT2D eigenvalue weighted by Crippen LogP contribution is -2.37. The van der Waals surface area contributed by atoms with E-state index < -0.39 is 17.4 Å². The van der Waals surface area contributed by atoms with E-state index in [1.54, 1.807) is 0 Å². The quantitative estimate of drug-likeness (QED) is 0.642. The molecule has 3 nitrogen and oxygen atoms in total. The van der Waals surface area contributed by atoms with Crippen molar-refractivity contribution in [2.45, 2.75) is 37.6 Å². The number of primary amides is 1. The summed E-state index contributed by atoms with van der Waals surface area (Å²) in [4.78, 5) is 10.5. The Morgan fingerprint density at radius 2 is 2.15 bits per heavy atom. The van der Waals surface area contributed by atoms with Crippen LogP contribution in [0.25, 0.3) is 0 Å². The highest BCUT2D eigenvalue weighted by atomic mass is 19.3. The van der Waals surface area contributed by atoms with Crippen molar-refractivity contribution in [3.05, 3.63) is 0 Å². The van der Waals surface area contributed by atoms with Crippen molar-refractivity contribution in [1.82, 2.24) is 5.32 Å². The summed E-state index contributed by atoms with van der Waals surface area (Å²) < 4.78 is 25.7. The first-order valence-corrected chi connectivity index (χ1v) is 4.39. The van der Waals surface area contributed by atoms with Crippen LogP contribution in [0.15, 0.2) is 0 Å². The standard InChI is InChI=1S/C8H12F2N2O/c9-8(10)4-7(8)2-1-5(3-7)12-6(11)13/h5H,1-4H2,(H3,11,12,13). The van der Waals surface area contributed by atoms with Gasteiger partial charge in [-0.05, 0) is 19.3 Å². The summed E-state index contributed by atoms with van der Waals surface area (Å²) in [5.74, 6) is -2.50. The Hall–Kier alpha value is -0.870. The molecule has 0 aromatic carbocycles. The SMILES string of the molecule is NC(=O)NC1CCC2(C1)CC2(F)F. The van der Waals surface area contributed by atoms with Crippen LogP contribution in [0.2, 0.25) is 0 Å². The first-order chi connectivity index (χ1) is 5.95. The van der Waals surface area contributed by atoms with E-state index in [9.17, 15) is 13.6 Å². The minimum Gasteiger partial charge on any atom is -0.352 e. The molecule has 0 radical (unpaired) electrons. The van der Waals surface area contributed by atoms with Gasteiger partial charge in [-0.25, -0.2) is 13.6 Å². The Labute approximate surface area is 74.7 Å². The molecule has 5 heteroatoms. The Morgan fingerprint density at radius 3 is 2.54 bits per heavy atom. The third kappa shape index (κ3) is 1.26. The van der Waals surface area contributed by atoms with Crippen LogP contribution in [-0.2, 0) is 0 Å². The number of alkyl halides is 2. The minimum absolute atomic E-state index is 0.0169. The van der Waals surface area contributed by atoms with E-state index in [0.717, 1.165) is 0 Å². The lowest BCUT2D eigenvalue weighted by molar-refractivity contribution is 0.0652. The van der Waals surface area contributed by atoms with E-state index in [1.165, 1.54) is 0 Å². The summed E-state index contributed by atoms with van der Waals surface area (Å²) in [6, 6.07) is -0.767. The number of carbonyl (C=O) groups is 1. The second-order valence-electron chi connectivity index (χ2n) is 4.11. The number of amides is 2. The van der Waals surface area contributed by atoms with Gasteiger partial charge in [-0.2, -0.15) is 0 Å². The van der Waals surface area contributed by atoms with Crippen molar-refractivity contribution in [1.29, 1.82) is 0 Å². The van der Waals surface area contributed by atoms with Crippen LogP contribution < -0.4 is 11.1 Å². The van der Waals surface area contributed by atoms with Crippen molar-refractivity contribution < 1.29 is 13.6 Å². The van der Waals surface area contributed by atoms with E-state index in [1.807, 2.05) is 0 Å². The normalized spacial score (nSPS) is 40.6. The van der Waals surface area contributed by atoms with E-state index >= 15 is 0 Å². The lowest BCUT2D eigenvalue weighted by atomic mass is 10.1. The highest BCUT2D eigenvalue weighted by Gasteiger charge is 2.72. The summed E-state index contributed by atoms with van der Waals surface area (Å²) in [5, 5.41) is 2.48. The average Bonchev–Trinajstić information content (AvgIpc) is 2.38. The van der Waals surface area contributed by atoms with E-state index in [4.69, 9.17) is 5.73 Å². The Balaban J connectivity index is 1.93. The number of hydrogen-bond acceptors (Lipinski definition) is 1. The van der Waals surface area contributed by atoms with Crippen LogP contribution in [0.5, 0.6) is 0 Å². The highest BCUT2D eigenvalue weighted by Crippen LogP contribution is 2.68. The van der Waals surface area contributed by atoms with Crippen molar-refractivity contribution in [2.75, 3.05) is 0 Å². The molecular formula is C8H12F2N2O. The van der Waals surface area contributed by atoms with Crippen molar-refractivity contribution in [2.24, 2.45) is 11.1 Å². The van der Waals surface area contributed by atoms with Gasteiger partial charge >= 0.3 is 6.03 Å². The number of carbonyl (C=O) groups excluding carboxylic acids is 1. The summed E-state index contributed by atoms with van der Waals surface area (Å²) in [6.07, 6.45) is 1.49. The molecule has 74 valence electrons. The molecule has 0 aromatic heterocycles. The fraction of sp³-hybridized carbons (Fsp3) is 0.875. The van der Waals surface area contributed by atoms with Gasteiger partial charge in [-0.3, -0.25) is 0 Å². The Kier molecular flexibility index (Phi) is 1.56. The first-order valence-electron chi connectivity index (χ1n) is 4.39. The summed E-state index contributed by atoms with van der Waals surface area (Å²) in [7, 11) is 0. The fourth-order valence-corrected chi connectivity index (χ4v) is 2.32. The number of nitrogens with two attached hydrogens (primary N) is 1. The molecule has 3 N–H and O–H groups in total. The largest absolute Gasteiger partial charge is 0.352 e. The highest BCUT2D eigenvalue weighted by molar-refractivity contribution is 5.72.